The molecule has 3 nitrogen and oxygen atoms in total. The van der Waals surface area contributed by atoms with Crippen molar-refractivity contribution >= 4 is 27.5 Å². The summed E-state index contributed by atoms with van der Waals surface area (Å²) in [6.07, 6.45) is -4.74. The molecule has 0 bridgehead atoms. The Kier molecular flexibility index (Phi) is 4.75. The molecule has 2 aromatic carbocycles. The highest BCUT2D eigenvalue weighted by Crippen LogP contribution is 2.24. The smallest absolute Gasteiger partial charge is 0.406 e. The summed E-state index contributed by atoms with van der Waals surface area (Å²) < 4.78 is 40.8. The Morgan fingerprint density at radius 2 is 1.77 bits per heavy atom. The van der Waals surface area contributed by atoms with Crippen molar-refractivity contribution in [1.82, 2.24) is 0 Å². The monoisotopic (exact) mass is 373 g/mol. The van der Waals surface area contributed by atoms with Crippen LogP contribution in [0.3, 0.4) is 0 Å². The van der Waals surface area contributed by atoms with Crippen molar-refractivity contribution in [3.63, 3.8) is 0 Å². The minimum atomic E-state index is -4.74. The molecule has 0 atom stereocenters. The predicted molar refractivity (Wildman–Crippen MR) is 80.0 cm³/mol. The second kappa shape index (κ2) is 6.39. The van der Waals surface area contributed by atoms with Crippen LogP contribution in [0.15, 0.2) is 46.9 Å². The van der Waals surface area contributed by atoms with E-state index in [-0.39, 0.29) is 11.7 Å². The average Bonchev–Trinajstić information content (AvgIpc) is 2.42. The first-order valence-electron chi connectivity index (χ1n) is 6.18. The van der Waals surface area contributed by atoms with Gasteiger partial charge in [0.1, 0.15) is 5.75 Å². The van der Waals surface area contributed by atoms with Crippen LogP contribution in [0, 0.1) is 6.92 Å². The highest BCUT2D eigenvalue weighted by Gasteiger charge is 2.30. The van der Waals surface area contributed by atoms with Crippen molar-refractivity contribution in [3.8, 4) is 5.75 Å². The number of hydrogen-bond acceptors (Lipinski definition) is 2. The lowest BCUT2D eigenvalue weighted by atomic mass is 10.1. The third kappa shape index (κ3) is 4.49. The second-order valence-electron chi connectivity index (χ2n) is 4.49. The van der Waals surface area contributed by atoms with Crippen LogP contribution in [0.25, 0.3) is 0 Å². The van der Waals surface area contributed by atoms with Crippen LogP contribution in [0.4, 0.5) is 18.9 Å². The van der Waals surface area contributed by atoms with E-state index in [4.69, 9.17) is 0 Å². The number of aryl methyl sites for hydroxylation is 1. The molecule has 0 heterocycles. The fraction of sp³-hybridized carbons (Fsp3) is 0.133. The predicted octanol–water partition coefficient (Wildman–Crippen LogP) is 4.91. The van der Waals surface area contributed by atoms with Gasteiger partial charge in [-0.15, -0.1) is 13.2 Å². The number of amides is 1. The summed E-state index contributed by atoms with van der Waals surface area (Å²) >= 11 is 3.34. The number of carbonyl (C=O) groups is 1. The molecule has 2 rings (SSSR count). The van der Waals surface area contributed by atoms with E-state index in [1.54, 1.807) is 18.2 Å². The van der Waals surface area contributed by atoms with Crippen LogP contribution in [-0.4, -0.2) is 12.3 Å². The summed E-state index contributed by atoms with van der Waals surface area (Å²) in [5.41, 5.74) is 1.73. The first-order chi connectivity index (χ1) is 10.2. The Labute approximate surface area is 133 Å². The van der Waals surface area contributed by atoms with E-state index in [1.807, 2.05) is 6.92 Å². The number of carbonyl (C=O) groups excluding carboxylic acids is 1. The van der Waals surface area contributed by atoms with Gasteiger partial charge >= 0.3 is 6.36 Å². The number of ether oxygens (including phenoxy) is 1. The van der Waals surface area contributed by atoms with E-state index in [9.17, 15) is 18.0 Å². The van der Waals surface area contributed by atoms with Gasteiger partial charge in [-0.05, 0) is 55.0 Å². The molecule has 0 aliphatic rings. The maximum Gasteiger partial charge on any atom is 0.573 e. The Morgan fingerprint density at radius 1 is 1.14 bits per heavy atom. The Morgan fingerprint density at radius 3 is 2.32 bits per heavy atom. The average molecular weight is 374 g/mol. The van der Waals surface area contributed by atoms with Gasteiger partial charge in [-0.2, -0.15) is 0 Å². The van der Waals surface area contributed by atoms with Gasteiger partial charge in [0.15, 0.2) is 0 Å². The van der Waals surface area contributed by atoms with Crippen LogP contribution in [0.2, 0.25) is 0 Å². The van der Waals surface area contributed by atoms with Crippen molar-refractivity contribution in [2.24, 2.45) is 0 Å². The minimum Gasteiger partial charge on any atom is -0.406 e. The van der Waals surface area contributed by atoms with Gasteiger partial charge in [0.05, 0.1) is 0 Å². The SMILES string of the molecule is Cc1cc(C(=O)Nc2ccc(OC(F)(F)F)cc2)ccc1Br. The number of alkyl halides is 3. The van der Waals surface area contributed by atoms with E-state index < -0.39 is 6.36 Å². The molecule has 0 saturated heterocycles. The van der Waals surface area contributed by atoms with Crippen LogP contribution >= 0.6 is 15.9 Å². The van der Waals surface area contributed by atoms with Gasteiger partial charge in [0, 0.05) is 15.7 Å². The fourth-order valence-corrected chi connectivity index (χ4v) is 1.98. The number of benzene rings is 2. The summed E-state index contributed by atoms with van der Waals surface area (Å²) in [5, 5.41) is 2.60. The fourth-order valence-electron chi connectivity index (χ4n) is 1.73. The summed E-state index contributed by atoms with van der Waals surface area (Å²) in [4.78, 5) is 12.1. The van der Waals surface area contributed by atoms with Crippen LogP contribution in [-0.2, 0) is 0 Å². The Balaban J connectivity index is 2.07. The van der Waals surface area contributed by atoms with Gasteiger partial charge in [-0.25, -0.2) is 0 Å². The molecule has 1 amide bonds. The molecule has 0 aliphatic heterocycles. The first-order valence-corrected chi connectivity index (χ1v) is 6.97. The number of nitrogens with one attached hydrogen (secondary N) is 1. The molecule has 0 spiro atoms. The third-order valence-electron chi connectivity index (χ3n) is 2.77. The highest BCUT2D eigenvalue weighted by atomic mass is 79.9. The summed E-state index contributed by atoms with van der Waals surface area (Å²) in [6, 6.07) is 10.1. The molecule has 22 heavy (non-hydrogen) atoms. The topological polar surface area (TPSA) is 38.3 Å². The van der Waals surface area contributed by atoms with E-state index in [0.29, 0.717) is 11.3 Å². The lowest BCUT2D eigenvalue weighted by Crippen LogP contribution is -2.17. The first kappa shape index (κ1) is 16.4. The molecule has 0 fully saturated rings. The summed E-state index contributed by atoms with van der Waals surface area (Å²) in [6.45, 7) is 1.85. The van der Waals surface area contributed by atoms with Crippen LogP contribution < -0.4 is 10.1 Å². The standard InChI is InChI=1S/C15H11BrF3NO2/c1-9-8-10(2-7-13(9)16)14(21)20-11-3-5-12(6-4-11)22-15(17,18)19/h2-8H,1H3,(H,20,21). The van der Waals surface area contributed by atoms with Gasteiger partial charge in [-0.1, -0.05) is 15.9 Å². The van der Waals surface area contributed by atoms with Gasteiger partial charge in [-0.3, -0.25) is 4.79 Å². The summed E-state index contributed by atoms with van der Waals surface area (Å²) in [7, 11) is 0. The highest BCUT2D eigenvalue weighted by molar-refractivity contribution is 9.10. The third-order valence-corrected chi connectivity index (χ3v) is 3.66. The zero-order valence-corrected chi connectivity index (χ0v) is 13.0. The number of rotatable bonds is 3. The normalized spacial score (nSPS) is 11.1. The van der Waals surface area contributed by atoms with Crippen molar-refractivity contribution in [2.75, 3.05) is 5.32 Å². The number of halogens is 4. The van der Waals surface area contributed by atoms with Crippen LogP contribution in [0.1, 0.15) is 15.9 Å². The largest absolute Gasteiger partial charge is 0.573 e. The molecule has 0 unspecified atom stereocenters. The summed E-state index contributed by atoms with van der Waals surface area (Å²) in [5.74, 6) is -0.690. The van der Waals surface area contributed by atoms with Crippen molar-refractivity contribution in [1.29, 1.82) is 0 Å². The molecule has 0 saturated carbocycles. The second-order valence-corrected chi connectivity index (χ2v) is 5.34. The molecule has 116 valence electrons. The van der Waals surface area contributed by atoms with Crippen molar-refractivity contribution in [2.45, 2.75) is 13.3 Å². The van der Waals surface area contributed by atoms with Crippen molar-refractivity contribution < 1.29 is 22.7 Å². The van der Waals surface area contributed by atoms with Crippen molar-refractivity contribution in [3.05, 3.63) is 58.1 Å². The molecular weight excluding hydrogens is 363 g/mol. The van der Waals surface area contributed by atoms with E-state index in [0.717, 1.165) is 22.2 Å². The lowest BCUT2D eigenvalue weighted by Gasteiger charge is -2.10. The van der Waals surface area contributed by atoms with E-state index >= 15 is 0 Å². The molecule has 0 aliphatic carbocycles. The van der Waals surface area contributed by atoms with E-state index in [1.165, 1.54) is 12.1 Å². The van der Waals surface area contributed by atoms with E-state index in [2.05, 4.69) is 26.0 Å². The van der Waals surface area contributed by atoms with Crippen LogP contribution in [0.5, 0.6) is 5.75 Å². The van der Waals surface area contributed by atoms with Gasteiger partial charge < -0.3 is 10.1 Å². The van der Waals surface area contributed by atoms with Gasteiger partial charge in [0.25, 0.3) is 5.91 Å². The zero-order valence-electron chi connectivity index (χ0n) is 11.4. The maximum absolute atomic E-state index is 12.1. The van der Waals surface area contributed by atoms with Gasteiger partial charge in [0.2, 0.25) is 0 Å². The molecular formula is C15H11BrF3NO2. The lowest BCUT2D eigenvalue weighted by molar-refractivity contribution is -0.274. The quantitative estimate of drug-likeness (QED) is 0.829. The Hall–Kier alpha value is -2.02. The Bertz CT molecular complexity index is 684. The maximum atomic E-state index is 12.1. The molecule has 7 heteroatoms. The molecule has 1 N–H and O–H groups in total. The zero-order chi connectivity index (χ0) is 16.3. The molecule has 0 aromatic heterocycles. The molecule has 0 radical (unpaired) electrons. The molecule has 2 aromatic rings. The number of hydrogen-bond donors (Lipinski definition) is 1. The number of anilines is 1. The minimum absolute atomic E-state index is 0.343.